The van der Waals surface area contributed by atoms with Gasteiger partial charge in [0.15, 0.2) is 5.13 Å². The zero-order valence-electron chi connectivity index (χ0n) is 13.4. The lowest BCUT2D eigenvalue weighted by Gasteiger charge is -2.04. The summed E-state index contributed by atoms with van der Waals surface area (Å²) in [7, 11) is -3.34. The molecule has 10 heteroatoms. The Bertz CT molecular complexity index is 1050. The standard InChI is InChI=1S/C16H13FN4O3S2/c1-26(23,24)21-13-4-2-10(3-5-13)14-9-25-16(19-14)20-15(22)11-6-12(17)8-18-7-11/h2-9,21H,1H3,(H,19,20,22). The van der Waals surface area contributed by atoms with E-state index >= 15 is 0 Å². The number of nitrogens with one attached hydrogen (secondary N) is 2. The molecule has 0 unspecified atom stereocenters. The van der Waals surface area contributed by atoms with Crippen molar-refractivity contribution in [1.29, 1.82) is 0 Å². The lowest BCUT2D eigenvalue weighted by molar-refractivity contribution is 0.102. The first-order chi connectivity index (χ1) is 12.3. The summed E-state index contributed by atoms with van der Waals surface area (Å²) in [5.41, 5.74) is 1.92. The highest BCUT2D eigenvalue weighted by molar-refractivity contribution is 7.92. The smallest absolute Gasteiger partial charge is 0.259 e. The van der Waals surface area contributed by atoms with Crippen LogP contribution in [-0.4, -0.2) is 30.5 Å². The molecule has 0 radical (unpaired) electrons. The van der Waals surface area contributed by atoms with Gasteiger partial charge in [0.05, 0.1) is 23.7 Å². The molecule has 134 valence electrons. The molecule has 0 aliphatic heterocycles. The number of amides is 1. The van der Waals surface area contributed by atoms with Crippen molar-refractivity contribution in [2.75, 3.05) is 16.3 Å². The summed E-state index contributed by atoms with van der Waals surface area (Å²) in [5, 5.41) is 4.69. The first kappa shape index (κ1) is 18.0. The second kappa shape index (κ2) is 7.18. The van der Waals surface area contributed by atoms with Crippen LogP contribution in [0.1, 0.15) is 10.4 Å². The summed E-state index contributed by atoms with van der Waals surface area (Å²) >= 11 is 1.22. The van der Waals surface area contributed by atoms with Gasteiger partial charge in [-0.3, -0.25) is 19.8 Å². The van der Waals surface area contributed by atoms with E-state index in [0.717, 1.165) is 24.1 Å². The highest BCUT2D eigenvalue weighted by Gasteiger charge is 2.11. The van der Waals surface area contributed by atoms with Crippen molar-refractivity contribution in [2.24, 2.45) is 0 Å². The molecule has 0 spiro atoms. The molecular weight excluding hydrogens is 379 g/mol. The summed E-state index contributed by atoms with van der Waals surface area (Å²) in [6.07, 6.45) is 3.35. The summed E-state index contributed by atoms with van der Waals surface area (Å²) in [5.74, 6) is -1.11. The summed E-state index contributed by atoms with van der Waals surface area (Å²) in [4.78, 5) is 20.0. The molecule has 3 aromatic rings. The van der Waals surface area contributed by atoms with Crippen LogP contribution in [0.3, 0.4) is 0 Å². The number of sulfonamides is 1. The van der Waals surface area contributed by atoms with Crippen molar-refractivity contribution in [2.45, 2.75) is 0 Å². The molecule has 0 bridgehead atoms. The van der Waals surface area contributed by atoms with Gasteiger partial charge in [-0.25, -0.2) is 17.8 Å². The van der Waals surface area contributed by atoms with E-state index in [4.69, 9.17) is 0 Å². The molecule has 7 nitrogen and oxygen atoms in total. The molecule has 26 heavy (non-hydrogen) atoms. The molecule has 3 rings (SSSR count). The highest BCUT2D eigenvalue weighted by atomic mass is 32.2. The molecule has 1 aromatic carbocycles. The van der Waals surface area contributed by atoms with Gasteiger partial charge in [0, 0.05) is 22.8 Å². The predicted molar refractivity (Wildman–Crippen MR) is 98.2 cm³/mol. The van der Waals surface area contributed by atoms with Crippen LogP contribution in [0.25, 0.3) is 11.3 Å². The van der Waals surface area contributed by atoms with Crippen molar-refractivity contribution >= 4 is 38.1 Å². The van der Waals surface area contributed by atoms with Crippen LogP contribution in [0.4, 0.5) is 15.2 Å². The lowest BCUT2D eigenvalue weighted by atomic mass is 10.1. The minimum Gasteiger partial charge on any atom is -0.298 e. The second-order valence-electron chi connectivity index (χ2n) is 5.34. The Morgan fingerprint density at radius 2 is 1.92 bits per heavy atom. The van der Waals surface area contributed by atoms with E-state index in [1.165, 1.54) is 17.5 Å². The predicted octanol–water partition coefficient (Wildman–Crippen LogP) is 2.97. The topological polar surface area (TPSA) is 101 Å². The Morgan fingerprint density at radius 3 is 2.58 bits per heavy atom. The van der Waals surface area contributed by atoms with Gasteiger partial charge in [0.1, 0.15) is 5.82 Å². The third-order valence-corrected chi connectivity index (χ3v) is 4.54. The number of hydrogen-bond donors (Lipinski definition) is 2. The Morgan fingerprint density at radius 1 is 1.19 bits per heavy atom. The zero-order valence-corrected chi connectivity index (χ0v) is 15.1. The Hall–Kier alpha value is -2.85. The van der Waals surface area contributed by atoms with E-state index in [1.807, 2.05) is 0 Å². The number of rotatable bonds is 5. The fraction of sp³-hybridized carbons (Fsp3) is 0.0625. The van der Waals surface area contributed by atoms with E-state index in [0.29, 0.717) is 16.5 Å². The number of thiazole rings is 1. The fourth-order valence-electron chi connectivity index (χ4n) is 2.09. The van der Waals surface area contributed by atoms with E-state index in [9.17, 15) is 17.6 Å². The first-order valence-electron chi connectivity index (χ1n) is 7.26. The van der Waals surface area contributed by atoms with Crippen LogP contribution in [0, 0.1) is 5.82 Å². The molecule has 0 saturated carbocycles. The fourth-order valence-corrected chi connectivity index (χ4v) is 3.37. The van der Waals surface area contributed by atoms with Gasteiger partial charge in [-0.05, 0) is 18.2 Å². The average Bonchev–Trinajstić information content (AvgIpc) is 3.02. The van der Waals surface area contributed by atoms with Gasteiger partial charge >= 0.3 is 0 Å². The number of halogens is 1. The molecule has 0 fully saturated rings. The summed E-state index contributed by atoms with van der Waals surface area (Å²) < 4.78 is 37.9. The van der Waals surface area contributed by atoms with Gasteiger partial charge in [-0.1, -0.05) is 12.1 Å². The maximum absolute atomic E-state index is 13.1. The maximum Gasteiger partial charge on any atom is 0.259 e. The summed E-state index contributed by atoms with van der Waals surface area (Å²) in [6.45, 7) is 0. The number of benzene rings is 1. The maximum atomic E-state index is 13.1. The summed E-state index contributed by atoms with van der Waals surface area (Å²) in [6, 6.07) is 7.75. The number of nitrogens with zero attached hydrogens (tertiary/aromatic N) is 2. The largest absolute Gasteiger partial charge is 0.298 e. The SMILES string of the molecule is CS(=O)(=O)Nc1ccc(-c2csc(NC(=O)c3cncc(F)c3)n2)cc1. The van der Waals surface area contributed by atoms with Crippen molar-refractivity contribution in [3.63, 3.8) is 0 Å². The van der Waals surface area contributed by atoms with Crippen LogP contribution < -0.4 is 10.0 Å². The van der Waals surface area contributed by atoms with E-state index < -0.39 is 21.7 Å². The van der Waals surface area contributed by atoms with Gasteiger partial charge in [0.25, 0.3) is 5.91 Å². The Kier molecular flexibility index (Phi) is 4.96. The quantitative estimate of drug-likeness (QED) is 0.695. The molecule has 2 N–H and O–H groups in total. The third kappa shape index (κ3) is 4.61. The van der Waals surface area contributed by atoms with Crippen LogP contribution in [0.5, 0.6) is 0 Å². The number of hydrogen-bond acceptors (Lipinski definition) is 6. The molecule has 0 aliphatic rings. The number of anilines is 2. The van der Waals surface area contributed by atoms with Gasteiger partial charge < -0.3 is 0 Å². The number of carbonyl (C=O) groups excluding carboxylic acids is 1. The van der Waals surface area contributed by atoms with Crippen LogP contribution >= 0.6 is 11.3 Å². The van der Waals surface area contributed by atoms with Crippen molar-refractivity contribution in [1.82, 2.24) is 9.97 Å². The Balaban J connectivity index is 1.72. The number of aromatic nitrogens is 2. The molecule has 0 aliphatic carbocycles. The van der Waals surface area contributed by atoms with Crippen LogP contribution in [0.15, 0.2) is 48.1 Å². The molecular formula is C16H13FN4O3S2. The number of pyridine rings is 1. The van der Waals surface area contributed by atoms with E-state index in [1.54, 1.807) is 29.6 Å². The third-order valence-electron chi connectivity index (χ3n) is 3.18. The van der Waals surface area contributed by atoms with Gasteiger partial charge in [-0.15, -0.1) is 11.3 Å². The second-order valence-corrected chi connectivity index (χ2v) is 7.94. The first-order valence-corrected chi connectivity index (χ1v) is 10.0. The van der Waals surface area contributed by atoms with Crippen molar-refractivity contribution in [3.05, 3.63) is 59.5 Å². The molecule has 0 atom stereocenters. The molecule has 0 saturated heterocycles. The zero-order chi connectivity index (χ0) is 18.7. The molecule has 1 amide bonds. The lowest BCUT2D eigenvalue weighted by Crippen LogP contribution is -2.12. The normalized spacial score (nSPS) is 11.2. The van der Waals surface area contributed by atoms with Crippen LogP contribution in [-0.2, 0) is 10.0 Å². The van der Waals surface area contributed by atoms with Gasteiger partial charge in [-0.2, -0.15) is 0 Å². The minimum atomic E-state index is -3.34. The number of carbonyl (C=O) groups is 1. The average molecular weight is 392 g/mol. The van der Waals surface area contributed by atoms with Crippen LogP contribution in [0.2, 0.25) is 0 Å². The highest BCUT2D eigenvalue weighted by Crippen LogP contribution is 2.26. The minimum absolute atomic E-state index is 0.0953. The van der Waals surface area contributed by atoms with E-state index in [2.05, 4.69) is 20.0 Å². The van der Waals surface area contributed by atoms with E-state index in [-0.39, 0.29) is 5.56 Å². The monoisotopic (exact) mass is 392 g/mol. The Labute approximate surface area is 153 Å². The molecule has 2 heterocycles. The molecule has 2 aromatic heterocycles. The van der Waals surface area contributed by atoms with Crippen molar-refractivity contribution < 1.29 is 17.6 Å². The van der Waals surface area contributed by atoms with Crippen molar-refractivity contribution in [3.8, 4) is 11.3 Å². The van der Waals surface area contributed by atoms with Gasteiger partial charge in [0.2, 0.25) is 10.0 Å².